The molecule has 0 radical (unpaired) electrons. The van der Waals surface area contributed by atoms with E-state index in [-0.39, 0.29) is 10.7 Å². The molecule has 116 valence electrons. The third-order valence-electron chi connectivity index (χ3n) is 2.90. The fourth-order valence-corrected chi connectivity index (χ4v) is 2.40. The maximum absolute atomic E-state index is 12.9. The Bertz CT molecular complexity index is 688. The lowest BCUT2D eigenvalue weighted by Crippen LogP contribution is -2.20. The van der Waals surface area contributed by atoms with E-state index in [4.69, 9.17) is 23.2 Å². The molecule has 7 heteroatoms. The zero-order chi connectivity index (χ0) is 16.3. The Morgan fingerprint density at radius 2 is 1.64 bits per heavy atom. The van der Waals surface area contributed by atoms with Crippen LogP contribution < -0.4 is 5.32 Å². The molecule has 2 rings (SSSR count). The van der Waals surface area contributed by atoms with Crippen LogP contribution in [0.5, 0.6) is 0 Å². The number of rotatable bonds is 3. The number of nitrogens with one attached hydrogen (secondary N) is 1. The molecule has 0 spiro atoms. The minimum atomic E-state index is -4.57. The standard InChI is InChI=1S/C15H10Cl2F3NO/c16-11-7-3-1-5-9(11)13(17)14(22)21-12-8-4-2-6-10(12)15(18,19)20/h1-8,13H,(H,21,22). The second-order valence-corrected chi connectivity index (χ2v) is 5.26. The summed E-state index contributed by atoms with van der Waals surface area (Å²) in [7, 11) is 0. The summed E-state index contributed by atoms with van der Waals surface area (Å²) >= 11 is 11.9. The highest BCUT2D eigenvalue weighted by Crippen LogP contribution is 2.35. The summed E-state index contributed by atoms with van der Waals surface area (Å²) in [4.78, 5) is 12.1. The number of para-hydroxylation sites is 1. The lowest BCUT2D eigenvalue weighted by atomic mass is 10.1. The number of alkyl halides is 4. The number of benzene rings is 2. The van der Waals surface area contributed by atoms with Crippen molar-refractivity contribution in [2.45, 2.75) is 11.6 Å². The molecular weight excluding hydrogens is 338 g/mol. The summed E-state index contributed by atoms with van der Waals surface area (Å²) in [5, 5.41) is 1.26. The number of hydrogen-bond donors (Lipinski definition) is 1. The maximum Gasteiger partial charge on any atom is 0.418 e. The smallest absolute Gasteiger partial charge is 0.324 e. The van der Waals surface area contributed by atoms with Crippen molar-refractivity contribution < 1.29 is 18.0 Å². The van der Waals surface area contributed by atoms with Crippen molar-refractivity contribution in [1.82, 2.24) is 0 Å². The average molecular weight is 348 g/mol. The average Bonchev–Trinajstić information content (AvgIpc) is 2.46. The van der Waals surface area contributed by atoms with Crippen molar-refractivity contribution in [2.24, 2.45) is 0 Å². The van der Waals surface area contributed by atoms with Crippen LogP contribution in [0.15, 0.2) is 48.5 Å². The van der Waals surface area contributed by atoms with Crippen molar-refractivity contribution in [3.8, 4) is 0 Å². The Kier molecular flexibility index (Phi) is 4.98. The van der Waals surface area contributed by atoms with E-state index in [1.807, 2.05) is 0 Å². The first kappa shape index (κ1) is 16.6. The van der Waals surface area contributed by atoms with Gasteiger partial charge in [-0.05, 0) is 23.8 Å². The number of halogens is 5. The van der Waals surface area contributed by atoms with Gasteiger partial charge in [0.15, 0.2) is 0 Å². The highest BCUT2D eigenvalue weighted by molar-refractivity contribution is 6.36. The molecule has 0 bridgehead atoms. The van der Waals surface area contributed by atoms with Gasteiger partial charge < -0.3 is 5.32 Å². The van der Waals surface area contributed by atoms with Gasteiger partial charge in [0.1, 0.15) is 5.38 Å². The summed E-state index contributed by atoms with van der Waals surface area (Å²) in [6.07, 6.45) is -4.57. The molecule has 1 N–H and O–H groups in total. The van der Waals surface area contributed by atoms with Gasteiger partial charge in [0.25, 0.3) is 0 Å². The molecule has 2 aromatic carbocycles. The fourth-order valence-electron chi connectivity index (χ4n) is 1.86. The predicted octanol–water partition coefficient (Wildman–Crippen LogP) is 5.28. The number of carbonyl (C=O) groups is 1. The summed E-state index contributed by atoms with van der Waals surface area (Å²) in [5.41, 5.74) is -0.961. The van der Waals surface area contributed by atoms with Crippen LogP contribution in [-0.2, 0) is 11.0 Å². The number of hydrogen-bond acceptors (Lipinski definition) is 1. The van der Waals surface area contributed by atoms with E-state index >= 15 is 0 Å². The van der Waals surface area contributed by atoms with Crippen LogP contribution in [0.1, 0.15) is 16.5 Å². The fraction of sp³-hybridized carbons (Fsp3) is 0.133. The van der Waals surface area contributed by atoms with Crippen molar-refractivity contribution >= 4 is 34.8 Å². The molecule has 0 heterocycles. The van der Waals surface area contributed by atoms with Crippen LogP contribution in [0.25, 0.3) is 0 Å². The van der Waals surface area contributed by atoms with Gasteiger partial charge in [0.2, 0.25) is 5.91 Å². The zero-order valence-electron chi connectivity index (χ0n) is 11.0. The first-order valence-corrected chi connectivity index (χ1v) is 6.97. The molecule has 0 aliphatic rings. The first-order valence-electron chi connectivity index (χ1n) is 6.16. The van der Waals surface area contributed by atoms with Gasteiger partial charge in [-0.15, -0.1) is 11.6 Å². The van der Waals surface area contributed by atoms with Crippen LogP contribution in [0, 0.1) is 0 Å². The van der Waals surface area contributed by atoms with E-state index in [9.17, 15) is 18.0 Å². The summed E-state index contributed by atoms with van der Waals surface area (Å²) < 4.78 is 38.6. The van der Waals surface area contributed by atoms with E-state index in [1.165, 1.54) is 18.2 Å². The van der Waals surface area contributed by atoms with Crippen LogP contribution in [0.3, 0.4) is 0 Å². The first-order chi connectivity index (χ1) is 10.3. The van der Waals surface area contributed by atoms with E-state index in [1.54, 1.807) is 18.2 Å². The molecule has 1 amide bonds. The minimum Gasteiger partial charge on any atom is -0.324 e. The Balaban J connectivity index is 2.25. The van der Waals surface area contributed by atoms with Crippen molar-refractivity contribution in [3.05, 3.63) is 64.7 Å². The van der Waals surface area contributed by atoms with Crippen LogP contribution >= 0.6 is 23.2 Å². The second kappa shape index (κ2) is 6.58. The van der Waals surface area contributed by atoms with Gasteiger partial charge in [-0.1, -0.05) is 41.9 Å². The van der Waals surface area contributed by atoms with Gasteiger partial charge in [-0.2, -0.15) is 13.2 Å². The minimum absolute atomic E-state index is 0.266. The molecule has 22 heavy (non-hydrogen) atoms. The maximum atomic E-state index is 12.9. The second-order valence-electron chi connectivity index (χ2n) is 4.42. The van der Waals surface area contributed by atoms with E-state index in [0.717, 1.165) is 12.1 Å². The lowest BCUT2D eigenvalue weighted by molar-refractivity contribution is -0.137. The Hall–Kier alpha value is -1.72. The normalized spacial score (nSPS) is 12.8. The van der Waals surface area contributed by atoms with E-state index in [2.05, 4.69) is 5.32 Å². The third-order valence-corrected chi connectivity index (χ3v) is 3.68. The predicted molar refractivity (Wildman–Crippen MR) is 80.1 cm³/mol. The van der Waals surface area contributed by atoms with Gasteiger partial charge in [0.05, 0.1) is 11.3 Å². The molecule has 2 nitrogen and oxygen atoms in total. The van der Waals surface area contributed by atoms with E-state index < -0.39 is 23.0 Å². The Morgan fingerprint density at radius 1 is 1.05 bits per heavy atom. The molecule has 2 aromatic rings. The number of amides is 1. The Morgan fingerprint density at radius 3 is 2.27 bits per heavy atom. The topological polar surface area (TPSA) is 29.1 Å². The summed E-state index contributed by atoms with van der Waals surface area (Å²) in [6, 6.07) is 11.1. The monoisotopic (exact) mass is 347 g/mol. The largest absolute Gasteiger partial charge is 0.418 e. The molecule has 0 fully saturated rings. The molecular formula is C15H10Cl2F3NO. The highest BCUT2D eigenvalue weighted by Gasteiger charge is 2.34. The SMILES string of the molecule is O=C(Nc1ccccc1C(F)(F)F)C(Cl)c1ccccc1Cl. The highest BCUT2D eigenvalue weighted by atomic mass is 35.5. The molecule has 1 atom stereocenters. The van der Waals surface area contributed by atoms with Gasteiger partial charge in [-0.3, -0.25) is 4.79 Å². The molecule has 0 saturated heterocycles. The van der Waals surface area contributed by atoms with Gasteiger partial charge in [0, 0.05) is 5.02 Å². The molecule has 0 aliphatic heterocycles. The lowest BCUT2D eigenvalue weighted by Gasteiger charge is -2.16. The molecule has 1 unspecified atom stereocenters. The van der Waals surface area contributed by atoms with Crippen molar-refractivity contribution in [1.29, 1.82) is 0 Å². The molecule has 0 aliphatic carbocycles. The zero-order valence-corrected chi connectivity index (χ0v) is 12.5. The summed E-state index contributed by atoms with van der Waals surface area (Å²) in [6.45, 7) is 0. The van der Waals surface area contributed by atoms with Crippen LogP contribution in [0.2, 0.25) is 5.02 Å². The van der Waals surface area contributed by atoms with Gasteiger partial charge in [-0.25, -0.2) is 0 Å². The van der Waals surface area contributed by atoms with Crippen LogP contribution in [0.4, 0.5) is 18.9 Å². The number of anilines is 1. The van der Waals surface area contributed by atoms with E-state index in [0.29, 0.717) is 5.56 Å². The van der Waals surface area contributed by atoms with Crippen molar-refractivity contribution in [2.75, 3.05) is 5.32 Å². The number of carbonyl (C=O) groups excluding carboxylic acids is 1. The van der Waals surface area contributed by atoms with Gasteiger partial charge >= 0.3 is 6.18 Å². The van der Waals surface area contributed by atoms with Crippen molar-refractivity contribution in [3.63, 3.8) is 0 Å². The third kappa shape index (κ3) is 3.72. The summed E-state index contributed by atoms with van der Waals surface area (Å²) in [5.74, 6) is -0.786. The molecule has 0 saturated carbocycles. The quantitative estimate of drug-likeness (QED) is 0.752. The molecule has 0 aromatic heterocycles. The Labute approximate surface area is 134 Å². The van der Waals surface area contributed by atoms with Crippen LogP contribution in [-0.4, -0.2) is 5.91 Å².